The third-order valence-electron chi connectivity index (χ3n) is 4.45. The van der Waals surface area contributed by atoms with Crippen molar-refractivity contribution in [2.45, 2.75) is 18.2 Å². The lowest BCUT2D eigenvalue weighted by atomic mass is 9.88. The molecule has 2 amide bonds. The van der Waals surface area contributed by atoms with Crippen molar-refractivity contribution in [1.29, 1.82) is 5.41 Å². The first-order valence-electron chi connectivity index (χ1n) is 8.59. The zero-order valence-corrected chi connectivity index (χ0v) is 16.4. The number of benzene rings is 2. The van der Waals surface area contributed by atoms with Gasteiger partial charge in [0.2, 0.25) is 11.8 Å². The first-order valence-corrected chi connectivity index (χ1v) is 9.71. The molecule has 0 bridgehead atoms. The Morgan fingerprint density at radius 3 is 2.56 bits per heavy atom. The molecule has 0 radical (unpaired) electrons. The highest BCUT2D eigenvalue weighted by atomic mass is 79.9. The topological polar surface area (TPSA) is 91.3 Å². The molecule has 1 unspecified atom stereocenters. The van der Waals surface area contributed by atoms with Gasteiger partial charge in [0.05, 0.1) is 11.6 Å². The number of rotatable bonds is 6. The molecule has 1 aliphatic rings. The SMILES string of the molecule is CNc1cc(Oc2ccc(CBr)cc2)ccc1C(=N)C1CCC(=O)NC1=O. The Labute approximate surface area is 165 Å². The molecule has 2 aromatic carbocycles. The van der Waals surface area contributed by atoms with E-state index in [1.54, 1.807) is 25.2 Å². The van der Waals surface area contributed by atoms with Crippen LogP contribution in [0.25, 0.3) is 0 Å². The van der Waals surface area contributed by atoms with Gasteiger partial charge in [0.25, 0.3) is 0 Å². The Balaban J connectivity index is 1.80. The van der Waals surface area contributed by atoms with Crippen LogP contribution in [0.2, 0.25) is 0 Å². The van der Waals surface area contributed by atoms with E-state index in [0.29, 0.717) is 23.4 Å². The lowest BCUT2D eigenvalue weighted by Gasteiger charge is -2.23. The molecule has 3 N–H and O–H groups in total. The van der Waals surface area contributed by atoms with Crippen molar-refractivity contribution in [3.63, 3.8) is 0 Å². The molecular formula is C20H20BrN3O3. The van der Waals surface area contributed by atoms with E-state index in [1.807, 2.05) is 24.3 Å². The number of amides is 2. The Kier molecular flexibility index (Phi) is 5.91. The number of nitrogens with one attached hydrogen (secondary N) is 3. The van der Waals surface area contributed by atoms with Crippen molar-refractivity contribution in [3.8, 4) is 11.5 Å². The number of alkyl halides is 1. The molecule has 1 heterocycles. The van der Waals surface area contributed by atoms with E-state index >= 15 is 0 Å². The Bertz CT molecular complexity index is 881. The fourth-order valence-electron chi connectivity index (χ4n) is 2.97. The van der Waals surface area contributed by atoms with E-state index in [0.717, 1.165) is 16.6 Å². The summed E-state index contributed by atoms with van der Waals surface area (Å²) in [6, 6.07) is 13.1. The van der Waals surface area contributed by atoms with E-state index in [9.17, 15) is 9.59 Å². The molecular weight excluding hydrogens is 410 g/mol. The number of anilines is 1. The monoisotopic (exact) mass is 429 g/mol. The van der Waals surface area contributed by atoms with Crippen LogP contribution >= 0.6 is 15.9 Å². The largest absolute Gasteiger partial charge is 0.457 e. The highest BCUT2D eigenvalue weighted by Gasteiger charge is 2.31. The standard InChI is InChI=1S/C20H20BrN3O3/c1-23-17-10-14(27-13-4-2-12(11-21)3-5-13)6-7-15(17)19(22)16-8-9-18(25)24-20(16)26/h2-7,10,16,22-23H,8-9,11H2,1H3,(H,24,25,26). The number of ether oxygens (including phenoxy) is 1. The fourth-order valence-corrected chi connectivity index (χ4v) is 3.34. The van der Waals surface area contributed by atoms with Gasteiger partial charge in [0.1, 0.15) is 11.5 Å². The first kappa shape index (κ1) is 19.1. The summed E-state index contributed by atoms with van der Waals surface area (Å²) in [5, 5.41) is 14.6. The van der Waals surface area contributed by atoms with Crippen molar-refractivity contribution in [3.05, 3.63) is 53.6 Å². The molecule has 2 aromatic rings. The number of carbonyl (C=O) groups is 2. The molecule has 0 saturated carbocycles. The minimum absolute atomic E-state index is 0.192. The average molecular weight is 430 g/mol. The van der Waals surface area contributed by atoms with Gasteiger partial charge in [-0.3, -0.25) is 14.9 Å². The van der Waals surface area contributed by atoms with E-state index < -0.39 is 11.8 Å². The summed E-state index contributed by atoms with van der Waals surface area (Å²) >= 11 is 3.41. The molecule has 0 aliphatic carbocycles. The number of halogens is 1. The minimum Gasteiger partial charge on any atom is -0.457 e. The summed E-state index contributed by atoms with van der Waals surface area (Å²) in [7, 11) is 1.76. The first-order chi connectivity index (χ1) is 13.0. The van der Waals surface area contributed by atoms with Crippen LogP contribution in [0, 0.1) is 11.3 Å². The second-order valence-electron chi connectivity index (χ2n) is 6.25. The summed E-state index contributed by atoms with van der Waals surface area (Å²) in [5.41, 5.74) is 2.66. The molecule has 1 fully saturated rings. The van der Waals surface area contributed by atoms with E-state index in [2.05, 4.69) is 26.6 Å². The predicted molar refractivity (Wildman–Crippen MR) is 108 cm³/mol. The van der Waals surface area contributed by atoms with Crippen LogP contribution in [-0.2, 0) is 14.9 Å². The van der Waals surface area contributed by atoms with Gasteiger partial charge in [0, 0.05) is 36.1 Å². The second-order valence-corrected chi connectivity index (χ2v) is 6.82. The molecule has 1 saturated heterocycles. The average Bonchev–Trinajstić information content (AvgIpc) is 2.68. The van der Waals surface area contributed by atoms with Gasteiger partial charge in [-0.15, -0.1) is 0 Å². The Morgan fingerprint density at radius 1 is 1.22 bits per heavy atom. The molecule has 6 nitrogen and oxygen atoms in total. The van der Waals surface area contributed by atoms with Gasteiger partial charge >= 0.3 is 0 Å². The number of hydrogen-bond donors (Lipinski definition) is 3. The van der Waals surface area contributed by atoms with Gasteiger partial charge in [-0.25, -0.2) is 0 Å². The van der Waals surface area contributed by atoms with Crippen LogP contribution in [0.5, 0.6) is 11.5 Å². The maximum absolute atomic E-state index is 12.1. The van der Waals surface area contributed by atoms with Crippen molar-refractivity contribution >= 4 is 39.1 Å². The van der Waals surface area contributed by atoms with Crippen molar-refractivity contribution in [1.82, 2.24) is 5.32 Å². The summed E-state index contributed by atoms with van der Waals surface area (Å²) in [6.07, 6.45) is 0.601. The number of imide groups is 1. The summed E-state index contributed by atoms with van der Waals surface area (Å²) in [6.45, 7) is 0. The number of carbonyl (C=O) groups excluding carboxylic acids is 2. The van der Waals surface area contributed by atoms with Crippen LogP contribution < -0.4 is 15.4 Å². The molecule has 0 aromatic heterocycles. The van der Waals surface area contributed by atoms with Crippen molar-refractivity contribution < 1.29 is 14.3 Å². The van der Waals surface area contributed by atoms with Crippen LogP contribution in [-0.4, -0.2) is 24.6 Å². The third kappa shape index (κ3) is 4.36. The predicted octanol–water partition coefficient (Wildman–Crippen LogP) is 3.84. The summed E-state index contributed by atoms with van der Waals surface area (Å²) in [5.74, 6) is 0.0250. The Morgan fingerprint density at radius 2 is 1.93 bits per heavy atom. The molecule has 1 aliphatic heterocycles. The molecule has 140 valence electrons. The van der Waals surface area contributed by atoms with Gasteiger partial charge in [-0.2, -0.15) is 0 Å². The molecule has 1 atom stereocenters. The molecule has 3 rings (SSSR count). The quantitative estimate of drug-likeness (QED) is 0.369. The van der Waals surface area contributed by atoms with Gasteiger partial charge in [0.15, 0.2) is 0 Å². The highest BCUT2D eigenvalue weighted by molar-refractivity contribution is 9.08. The third-order valence-corrected chi connectivity index (χ3v) is 5.10. The summed E-state index contributed by atoms with van der Waals surface area (Å²) in [4.78, 5) is 23.4. The smallest absolute Gasteiger partial charge is 0.235 e. The van der Waals surface area contributed by atoms with Crippen molar-refractivity contribution in [2.75, 3.05) is 12.4 Å². The zero-order chi connectivity index (χ0) is 19.4. The van der Waals surface area contributed by atoms with Gasteiger partial charge in [-0.05, 0) is 36.2 Å². The van der Waals surface area contributed by atoms with Gasteiger partial charge in [-0.1, -0.05) is 28.1 Å². The van der Waals surface area contributed by atoms with Crippen molar-refractivity contribution in [2.24, 2.45) is 5.92 Å². The fraction of sp³-hybridized carbons (Fsp3) is 0.250. The second kappa shape index (κ2) is 8.35. The van der Waals surface area contributed by atoms with E-state index in [-0.39, 0.29) is 18.0 Å². The maximum Gasteiger partial charge on any atom is 0.235 e. The normalized spacial score (nSPS) is 16.6. The number of hydrogen-bond acceptors (Lipinski definition) is 5. The lowest BCUT2D eigenvalue weighted by Crippen LogP contribution is -2.44. The zero-order valence-electron chi connectivity index (χ0n) is 14.8. The van der Waals surface area contributed by atoms with Crippen LogP contribution in [0.1, 0.15) is 24.0 Å². The van der Waals surface area contributed by atoms with E-state index in [4.69, 9.17) is 10.1 Å². The van der Waals surface area contributed by atoms with E-state index in [1.165, 1.54) is 0 Å². The number of piperidine rings is 1. The van der Waals surface area contributed by atoms with Gasteiger partial charge < -0.3 is 15.5 Å². The summed E-state index contributed by atoms with van der Waals surface area (Å²) < 4.78 is 5.89. The highest BCUT2D eigenvalue weighted by Crippen LogP contribution is 2.30. The Hall–Kier alpha value is -2.67. The van der Waals surface area contributed by atoms with Crippen LogP contribution in [0.3, 0.4) is 0 Å². The minimum atomic E-state index is -0.627. The van der Waals surface area contributed by atoms with Crippen LogP contribution in [0.4, 0.5) is 5.69 Å². The molecule has 0 spiro atoms. The maximum atomic E-state index is 12.1. The molecule has 7 heteroatoms. The van der Waals surface area contributed by atoms with Crippen LogP contribution in [0.15, 0.2) is 42.5 Å². The molecule has 27 heavy (non-hydrogen) atoms. The lowest BCUT2D eigenvalue weighted by molar-refractivity contribution is -0.134.